The van der Waals surface area contributed by atoms with Gasteiger partial charge in [-0.2, -0.15) is 0 Å². The molecule has 1 aromatic heterocycles. The minimum atomic E-state index is -1.42. The zero-order valence-corrected chi connectivity index (χ0v) is 19.0. The van der Waals surface area contributed by atoms with E-state index in [0.29, 0.717) is 22.1 Å². The Morgan fingerprint density at radius 3 is 2.45 bits per heavy atom. The molecule has 0 amide bonds. The highest BCUT2D eigenvalue weighted by atomic mass is 32.2. The van der Waals surface area contributed by atoms with E-state index < -0.39 is 11.4 Å². The van der Waals surface area contributed by atoms with Gasteiger partial charge in [-0.05, 0) is 74.8 Å². The molecule has 0 saturated heterocycles. The zero-order chi connectivity index (χ0) is 21.2. The summed E-state index contributed by atoms with van der Waals surface area (Å²) in [6.07, 6.45) is 5.00. The van der Waals surface area contributed by atoms with Crippen LogP contribution in [0.15, 0.2) is 46.2 Å². The maximum absolute atomic E-state index is 11.9. The molecule has 1 atom stereocenters. The van der Waals surface area contributed by atoms with Crippen LogP contribution in [0.5, 0.6) is 5.75 Å². The van der Waals surface area contributed by atoms with Gasteiger partial charge in [-0.15, -0.1) is 0 Å². The third-order valence-electron chi connectivity index (χ3n) is 5.75. The van der Waals surface area contributed by atoms with Gasteiger partial charge in [-0.1, -0.05) is 31.2 Å². The van der Waals surface area contributed by atoms with Crippen LogP contribution in [-0.4, -0.2) is 21.4 Å². The molecule has 3 rings (SSSR count). The summed E-state index contributed by atoms with van der Waals surface area (Å²) in [6, 6.07) is 9.96. The smallest absolute Gasteiger partial charge is 0.149 e. The Labute approximate surface area is 177 Å². The second-order valence-corrected chi connectivity index (χ2v) is 10.5. The number of hydrogen-bond donors (Lipinski definition) is 0. The topological polar surface area (TPSA) is 57.5 Å². The summed E-state index contributed by atoms with van der Waals surface area (Å²) < 4.78 is 22.3. The molecule has 156 valence electrons. The first kappa shape index (κ1) is 21.8. The fraction of sp³-hybridized carbons (Fsp3) is 0.500. The van der Waals surface area contributed by atoms with Crippen LogP contribution in [0.25, 0.3) is 10.9 Å². The standard InChI is InChI=1S/C24H32N2O2S/c1-16(2)29(27)26-17(3)22-13-7-18-15-21(12-14-23(18)25-22)28-20-10-8-19(9-11-20)24(4,5)6/h7,12-15,19-20H,1,8-11H2,2-6H3/b26-17-/t19-,20-,29?. The second kappa shape index (κ2) is 8.88. The van der Waals surface area contributed by atoms with Crippen molar-refractivity contribution >= 4 is 28.0 Å². The average Bonchev–Trinajstić information content (AvgIpc) is 2.67. The van der Waals surface area contributed by atoms with Gasteiger partial charge in [0, 0.05) is 12.3 Å². The van der Waals surface area contributed by atoms with Crippen molar-refractivity contribution in [2.75, 3.05) is 0 Å². The lowest BCUT2D eigenvalue weighted by Gasteiger charge is -2.36. The Bertz CT molecular complexity index is 909. The minimum Gasteiger partial charge on any atom is -0.586 e. The summed E-state index contributed by atoms with van der Waals surface area (Å²) in [4.78, 5) is 5.19. The first-order chi connectivity index (χ1) is 13.6. The van der Waals surface area contributed by atoms with E-state index in [-0.39, 0.29) is 0 Å². The Balaban J connectivity index is 1.69. The lowest BCUT2D eigenvalue weighted by molar-refractivity contribution is 0.0883. The summed E-state index contributed by atoms with van der Waals surface area (Å²) in [6.45, 7) is 14.2. The van der Waals surface area contributed by atoms with Crippen molar-refractivity contribution in [2.45, 2.75) is 66.4 Å². The highest BCUT2D eigenvalue weighted by Crippen LogP contribution is 2.38. The van der Waals surface area contributed by atoms with Crippen LogP contribution >= 0.6 is 0 Å². The van der Waals surface area contributed by atoms with Gasteiger partial charge in [0.25, 0.3) is 0 Å². The predicted molar refractivity (Wildman–Crippen MR) is 123 cm³/mol. The second-order valence-electron chi connectivity index (χ2n) is 9.14. The number of rotatable bonds is 5. The Morgan fingerprint density at radius 1 is 1.14 bits per heavy atom. The summed E-state index contributed by atoms with van der Waals surface area (Å²) in [5.74, 6) is 1.69. The van der Waals surface area contributed by atoms with Crippen LogP contribution in [0.2, 0.25) is 0 Å². The lowest BCUT2D eigenvalue weighted by atomic mass is 9.72. The summed E-state index contributed by atoms with van der Waals surface area (Å²) in [5.41, 5.74) is 2.63. The maximum atomic E-state index is 11.9. The van der Waals surface area contributed by atoms with E-state index in [9.17, 15) is 4.55 Å². The van der Waals surface area contributed by atoms with Crippen LogP contribution in [0.1, 0.15) is 66.0 Å². The van der Waals surface area contributed by atoms with Crippen molar-refractivity contribution < 1.29 is 9.29 Å². The molecule has 5 heteroatoms. The first-order valence-corrected chi connectivity index (χ1v) is 11.4. The number of pyridine rings is 1. The maximum Gasteiger partial charge on any atom is 0.149 e. The molecule has 1 aromatic carbocycles. The third-order valence-corrected chi connectivity index (χ3v) is 6.79. The fourth-order valence-corrected chi connectivity index (χ4v) is 4.36. The summed E-state index contributed by atoms with van der Waals surface area (Å²) in [5, 5.41) is 1.03. The molecule has 0 spiro atoms. The van der Waals surface area contributed by atoms with Gasteiger partial charge >= 0.3 is 0 Å². The molecular formula is C24H32N2O2S. The van der Waals surface area contributed by atoms with Crippen LogP contribution in [0, 0.1) is 11.3 Å². The molecule has 1 fully saturated rings. The number of fused-ring (bicyclic) bond motifs is 1. The van der Waals surface area contributed by atoms with Gasteiger partial charge in [0.15, 0.2) is 0 Å². The number of hydrogen-bond acceptors (Lipinski definition) is 4. The van der Waals surface area contributed by atoms with Crippen molar-refractivity contribution in [1.82, 2.24) is 4.98 Å². The zero-order valence-electron chi connectivity index (χ0n) is 18.2. The Hall–Kier alpha value is -1.85. The summed E-state index contributed by atoms with van der Waals surface area (Å²) >= 11 is -1.42. The molecule has 0 radical (unpaired) electrons. The quantitative estimate of drug-likeness (QED) is 0.432. The van der Waals surface area contributed by atoms with Crippen molar-refractivity contribution in [2.24, 2.45) is 15.7 Å². The SMILES string of the molecule is C=C(C)[S+]([O-])/N=C(/C)c1ccc2cc(O[C@H]3CC[C@H](C(C)(C)C)CC3)ccc2n1. The van der Waals surface area contributed by atoms with E-state index in [2.05, 4.69) is 42.8 Å². The first-order valence-electron chi connectivity index (χ1n) is 10.3. The fourth-order valence-electron chi connectivity index (χ4n) is 3.87. The average molecular weight is 413 g/mol. The van der Waals surface area contributed by atoms with Crippen molar-refractivity contribution in [3.8, 4) is 5.75 Å². The van der Waals surface area contributed by atoms with Gasteiger partial charge in [0.1, 0.15) is 27.7 Å². The van der Waals surface area contributed by atoms with Crippen molar-refractivity contribution in [1.29, 1.82) is 0 Å². The van der Waals surface area contributed by atoms with Gasteiger partial charge in [-0.3, -0.25) is 0 Å². The molecule has 29 heavy (non-hydrogen) atoms. The normalized spacial score (nSPS) is 21.8. The molecule has 0 bridgehead atoms. The molecule has 1 unspecified atom stereocenters. The number of nitrogens with zero attached hydrogens (tertiary/aromatic N) is 2. The predicted octanol–water partition coefficient (Wildman–Crippen LogP) is 6.22. The van der Waals surface area contributed by atoms with Crippen LogP contribution in [0.4, 0.5) is 0 Å². The number of benzene rings is 1. The minimum absolute atomic E-state index is 0.296. The van der Waals surface area contributed by atoms with E-state index in [1.54, 1.807) is 6.92 Å². The van der Waals surface area contributed by atoms with E-state index in [0.717, 1.165) is 41.1 Å². The van der Waals surface area contributed by atoms with Crippen molar-refractivity contribution in [3.63, 3.8) is 0 Å². The highest BCUT2D eigenvalue weighted by Gasteiger charge is 2.30. The molecule has 0 N–H and O–H groups in total. The summed E-state index contributed by atoms with van der Waals surface area (Å²) in [7, 11) is 0. The Morgan fingerprint density at radius 2 is 1.83 bits per heavy atom. The third kappa shape index (κ3) is 5.61. The Kier molecular flexibility index (Phi) is 6.69. The van der Waals surface area contributed by atoms with E-state index in [1.165, 1.54) is 12.8 Å². The monoisotopic (exact) mass is 412 g/mol. The van der Waals surface area contributed by atoms with Gasteiger partial charge < -0.3 is 9.29 Å². The van der Waals surface area contributed by atoms with Crippen molar-refractivity contribution in [3.05, 3.63) is 47.5 Å². The van der Waals surface area contributed by atoms with E-state index >= 15 is 0 Å². The van der Waals surface area contributed by atoms with Gasteiger partial charge in [0.2, 0.25) is 0 Å². The van der Waals surface area contributed by atoms with E-state index in [4.69, 9.17) is 4.74 Å². The molecule has 1 heterocycles. The molecule has 0 aliphatic heterocycles. The van der Waals surface area contributed by atoms with E-state index in [1.807, 2.05) is 31.2 Å². The lowest BCUT2D eigenvalue weighted by Crippen LogP contribution is -2.30. The molecule has 2 aromatic rings. The number of allylic oxidation sites excluding steroid dienone is 1. The van der Waals surface area contributed by atoms with Gasteiger partial charge in [-0.25, -0.2) is 4.98 Å². The largest absolute Gasteiger partial charge is 0.586 e. The molecule has 1 aliphatic rings. The number of aromatic nitrogens is 1. The molecule has 1 aliphatic carbocycles. The van der Waals surface area contributed by atoms with Gasteiger partial charge in [0.05, 0.1) is 17.3 Å². The highest BCUT2D eigenvalue weighted by molar-refractivity contribution is 7.94. The van der Waals surface area contributed by atoms with Crippen LogP contribution in [0.3, 0.4) is 0 Å². The van der Waals surface area contributed by atoms with Crippen LogP contribution < -0.4 is 4.74 Å². The molecular weight excluding hydrogens is 380 g/mol. The number of ether oxygens (including phenoxy) is 1. The molecule has 4 nitrogen and oxygen atoms in total. The van der Waals surface area contributed by atoms with Crippen LogP contribution in [-0.2, 0) is 11.4 Å². The molecule has 1 saturated carbocycles.